The van der Waals surface area contributed by atoms with Gasteiger partial charge in [0, 0.05) is 27.8 Å². The fourth-order valence-corrected chi connectivity index (χ4v) is 5.12. The molecule has 1 saturated carbocycles. The van der Waals surface area contributed by atoms with Gasteiger partial charge < -0.3 is 5.32 Å². The van der Waals surface area contributed by atoms with E-state index in [0.29, 0.717) is 6.04 Å². The first-order valence-electron chi connectivity index (χ1n) is 7.97. The predicted molar refractivity (Wildman–Crippen MR) is 94.4 cm³/mol. The van der Waals surface area contributed by atoms with Crippen LogP contribution in [0.25, 0.3) is 0 Å². The van der Waals surface area contributed by atoms with Crippen LogP contribution in [-0.4, -0.2) is 6.54 Å². The van der Waals surface area contributed by atoms with E-state index < -0.39 is 0 Å². The Bertz CT molecular complexity index is 522. The van der Waals surface area contributed by atoms with E-state index in [0.717, 1.165) is 12.5 Å². The zero-order chi connectivity index (χ0) is 14.7. The number of nitrogens with one attached hydrogen (secondary N) is 1. The number of rotatable bonds is 6. The molecule has 1 nitrogen and oxygen atoms in total. The lowest BCUT2D eigenvalue weighted by Crippen LogP contribution is -2.36. The molecule has 3 heteroatoms. The van der Waals surface area contributed by atoms with Crippen LogP contribution in [0.15, 0.2) is 35.0 Å². The van der Waals surface area contributed by atoms with Gasteiger partial charge in [-0.3, -0.25) is 0 Å². The normalized spacial score (nSPS) is 18.2. The van der Waals surface area contributed by atoms with Gasteiger partial charge in [0.25, 0.3) is 0 Å². The fourth-order valence-electron chi connectivity index (χ4n) is 3.37. The van der Waals surface area contributed by atoms with Crippen LogP contribution < -0.4 is 5.32 Å². The summed E-state index contributed by atoms with van der Waals surface area (Å²) in [6.07, 6.45) is 5.58. The SMILES string of the molecule is CC(C)(CNC(c1cccs1)C1CCCC1)c1cccs1. The van der Waals surface area contributed by atoms with Crippen LogP contribution in [0, 0.1) is 5.92 Å². The zero-order valence-corrected chi connectivity index (χ0v) is 14.6. The Kier molecular flexibility index (Phi) is 4.82. The molecule has 0 radical (unpaired) electrons. The van der Waals surface area contributed by atoms with Gasteiger partial charge in [-0.15, -0.1) is 22.7 Å². The Morgan fingerprint density at radius 1 is 1.14 bits per heavy atom. The first-order chi connectivity index (χ1) is 10.2. The van der Waals surface area contributed by atoms with Crippen molar-refractivity contribution < 1.29 is 0 Å². The van der Waals surface area contributed by atoms with E-state index in [2.05, 4.69) is 54.2 Å². The summed E-state index contributed by atoms with van der Waals surface area (Å²) >= 11 is 3.78. The van der Waals surface area contributed by atoms with Gasteiger partial charge in [0.05, 0.1) is 0 Å². The molecule has 0 saturated heterocycles. The van der Waals surface area contributed by atoms with Gasteiger partial charge in [-0.1, -0.05) is 38.8 Å². The summed E-state index contributed by atoms with van der Waals surface area (Å²) in [6.45, 7) is 5.75. The highest BCUT2D eigenvalue weighted by molar-refractivity contribution is 7.10. The van der Waals surface area contributed by atoms with Crippen molar-refractivity contribution >= 4 is 22.7 Å². The van der Waals surface area contributed by atoms with Gasteiger partial charge in [-0.25, -0.2) is 0 Å². The lowest BCUT2D eigenvalue weighted by molar-refractivity contribution is 0.339. The highest BCUT2D eigenvalue weighted by atomic mass is 32.1. The summed E-state index contributed by atoms with van der Waals surface area (Å²) in [5, 5.41) is 8.31. The van der Waals surface area contributed by atoms with E-state index >= 15 is 0 Å². The fraction of sp³-hybridized carbons (Fsp3) is 0.556. The van der Waals surface area contributed by atoms with Crippen LogP contribution in [-0.2, 0) is 5.41 Å². The topological polar surface area (TPSA) is 12.0 Å². The Morgan fingerprint density at radius 3 is 2.48 bits per heavy atom. The Morgan fingerprint density at radius 2 is 1.86 bits per heavy atom. The van der Waals surface area contributed by atoms with Crippen LogP contribution in [0.4, 0.5) is 0 Å². The van der Waals surface area contributed by atoms with Gasteiger partial charge >= 0.3 is 0 Å². The average molecular weight is 320 g/mol. The Labute approximate surface area is 136 Å². The third kappa shape index (κ3) is 3.58. The summed E-state index contributed by atoms with van der Waals surface area (Å²) in [5.74, 6) is 0.822. The Balaban J connectivity index is 1.70. The van der Waals surface area contributed by atoms with E-state index in [1.807, 2.05) is 22.7 Å². The Hall–Kier alpha value is -0.640. The minimum Gasteiger partial charge on any atom is -0.308 e. The highest BCUT2D eigenvalue weighted by Crippen LogP contribution is 2.38. The molecule has 3 rings (SSSR count). The van der Waals surface area contributed by atoms with Gasteiger partial charge in [0.2, 0.25) is 0 Å². The maximum atomic E-state index is 3.91. The molecule has 1 unspecified atom stereocenters. The summed E-state index contributed by atoms with van der Waals surface area (Å²) < 4.78 is 0. The number of hydrogen-bond acceptors (Lipinski definition) is 3. The number of hydrogen-bond donors (Lipinski definition) is 1. The van der Waals surface area contributed by atoms with Gasteiger partial charge in [0.15, 0.2) is 0 Å². The van der Waals surface area contributed by atoms with E-state index in [-0.39, 0.29) is 5.41 Å². The molecule has 2 aromatic rings. The van der Waals surface area contributed by atoms with Crippen molar-refractivity contribution in [1.29, 1.82) is 0 Å². The van der Waals surface area contributed by atoms with Crippen molar-refractivity contribution in [2.24, 2.45) is 5.92 Å². The van der Waals surface area contributed by atoms with Crippen LogP contribution in [0.5, 0.6) is 0 Å². The molecular formula is C18H25NS2. The monoisotopic (exact) mass is 319 g/mol. The molecule has 2 aromatic heterocycles. The van der Waals surface area contributed by atoms with E-state index in [9.17, 15) is 0 Å². The van der Waals surface area contributed by atoms with Crippen LogP contribution in [0.3, 0.4) is 0 Å². The van der Waals surface area contributed by atoms with Crippen LogP contribution >= 0.6 is 22.7 Å². The van der Waals surface area contributed by atoms with E-state index in [4.69, 9.17) is 0 Å². The van der Waals surface area contributed by atoms with Gasteiger partial charge in [-0.05, 0) is 41.7 Å². The summed E-state index contributed by atoms with van der Waals surface area (Å²) in [5.41, 5.74) is 0.211. The highest BCUT2D eigenvalue weighted by Gasteiger charge is 2.29. The second-order valence-corrected chi connectivity index (χ2v) is 8.71. The second-order valence-electron chi connectivity index (χ2n) is 6.78. The zero-order valence-electron chi connectivity index (χ0n) is 13.0. The molecule has 0 aromatic carbocycles. The maximum absolute atomic E-state index is 3.91. The third-order valence-electron chi connectivity index (χ3n) is 4.67. The summed E-state index contributed by atoms with van der Waals surface area (Å²) in [4.78, 5) is 3.00. The molecule has 0 bridgehead atoms. The van der Waals surface area contributed by atoms with Crippen molar-refractivity contribution in [3.05, 3.63) is 44.8 Å². The number of thiophene rings is 2. The van der Waals surface area contributed by atoms with Crippen molar-refractivity contribution in [1.82, 2.24) is 5.32 Å². The molecule has 1 aliphatic rings. The molecule has 1 N–H and O–H groups in total. The molecule has 1 atom stereocenters. The molecule has 0 amide bonds. The quantitative estimate of drug-likeness (QED) is 0.730. The molecule has 0 spiro atoms. The molecular weight excluding hydrogens is 294 g/mol. The first-order valence-corrected chi connectivity index (χ1v) is 9.73. The smallest absolute Gasteiger partial charge is 0.0443 e. The van der Waals surface area contributed by atoms with E-state index in [1.54, 1.807) is 0 Å². The lowest BCUT2D eigenvalue weighted by Gasteiger charge is -2.30. The third-order valence-corrected chi connectivity index (χ3v) is 6.86. The van der Waals surface area contributed by atoms with Crippen LogP contribution in [0.2, 0.25) is 0 Å². The summed E-state index contributed by atoms with van der Waals surface area (Å²) in [7, 11) is 0. The molecule has 21 heavy (non-hydrogen) atoms. The predicted octanol–water partition coefficient (Wildman–Crippen LogP) is 5.61. The maximum Gasteiger partial charge on any atom is 0.0443 e. The van der Waals surface area contributed by atoms with Crippen molar-refractivity contribution in [3.8, 4) is 0 Å². The molecule has 0 aliphatic heterocycles. The molecule has 2 heterocycles. The van der Waals surface area contributed by atoms with E-state index in [1.165, 1.54) is 35.4 Å². The van der Waals surface area contributed by atoms with Crippen LogP contribution in [0.1, 0.15) is 55.3 Å². The first kappa shape index (κ1) is 15.3. The molecule has 1 aliphatic carbocycles. The van der Waals surface area contributed by atoms with Gasteiger partial charge in [-0.2, -0.15) is 0 Å². The average Bonchev–Trinajstić information content (AvgIpc) is 3.23. The van der Waals surface area contributed by atoms with Crippen molar-refractivity contribution in [2.45, 2.75) is 51.0 Å². The molecule has 1 fully saturated rings. The lowest BCUT2D eigenvalue weighted by atomic mass is 9.89. The van der Waals surface area contributed by atoms with Crippen molar-refractivity contribution in [3.63, 3.8) is 0 Å². The minimum absolute atomic E-state index is 0.211. The second kappa shape index (κ2) is 6.64. The van der Waals surface area contributed by atoms with Crippen molar-refractivity contribution in [2.75, 3.05) is 6.54 Å². The van der Waals surface area contributed by atoms with Gasteiger partial charge in [0.1, 0.15) is 0 Å². The standard InChI is InChI=1S/C18H25NS2/c1-18(2,16-10-6-12-21-16)13-19-17(14-7-3-4-8-14)15-9-5-11-20-15/h5-6,9-12,14,17,19H,3-4,7-8,13H2,1-2H3. The largest absolute Gasteiger partial charge is 0.308 e. The minimum atomic E-state index is 0.211. The molecule has 114 valence electrons. The summed E-state index contributed by atoms with van der Waals surface area (Å²) in [6, 6.07) is 9.47.